The van der Waals surface area contributed by atoms with Gasteiger partial charge in [-0.25, -0.2) is 12.8 Å². The zero-order chi connectivity index (χ0) is 27.9. The summed E-state index contributed by atoms with van der Waals surface area (Å²) in [5.74, 6) is -1.00. The highest BCUT2D eigenvalue weighted by atomic mass is 35.5. The number of halogens is 2. The number of ether oxygens (including phenoxy) is 1. The minimum Gasteiger partial charge on any atom is -0.497 e. The van der Waals surface area contributed by atoms with Crippen molar-refractivity contribution in [2.45, 2.75) is 30.8 Å². The van der Waals surface area contributed by atoms with Crippen LogP contribution in [0.4, 0.5) is 10.1 Å². The maximum absolute atomic E-state index is 13.8. The Labute approximate surface area is 227 Å². The smallest absolute Gasteiger partial charge is 0.264 e. The summed E-state index contributed by atoms with van der Waals surface area (Å²) >= 11 is 6.16. The Hall–Kier alpha value is -3.63. The molecule has 0 radical (unpaired) electrons. The van der Waals surface area contributed by atoms with E-state index in [0.717, 1.165) is 4.31 Å². The van der Waals surface area contributed by atoms with Gasteiger partial charge in [0.1, 0.15) is 24.2 Å². The van der Waals surface area contributed by atoms with E-state index in [2.05, 4.69) is 5.32 Å². The average Bonchev–Trinajstić information content (AvgIpc) is 2.92. The summed E-state index contributed by atoms with van der Waals surface area (Å²) in [6.45, 7) is 1.11. The topological polar surface area (TPSA) is 96.0 Å². The van der Waals surface area contributed by atoms with Gasteiger partial charge in [-0.2, -0.15) is 0 Å². The van der Waals surface area contributed by atoms with Crippen LogP contribution in [0.3, 0.4) is 0 Å². The second-order valence-electron chi connectivity index (χ2n) is 8.35. The Morgan fingerprint density at radius 2 is 1.71 bits per heavy atom. The van der Waals surface area contributed by atoms with Gasteiger partial charge in [0, 0.05) is 18.6 Å². The van der Waals surface area contributed by atoms with E-state index in [4.69, 9.17) is 16.3 Å². The van der Waals surface area contributed by atoms with E-state index < -0.39 is 40.2 Å². The van der Waals surface area contributed by atoms with E-state index in [-0.39, 0.29) is 28.6 Å². The fraction of sp³-hybridized carbons (Fsp3) is 0.259. The molecule has 11 heteroatoms. The van der Waals surface area contributed by atoms with Crippen molar-refractivity contribution in [2.24, 2.45) is 0 Å². The minimum absolute atomic E-state index is 0.0307. The second-order valence-corrected chi connectivity index (χ2v) is 10.7. The van der Waals surface area contributed by atoms with Crippen LogP contribution in [-0.4, -0.2) is 51.9 Å². The van der Waals surface area contributed by atoms with Crippen LogP contribution in [0, 0.1) is 5.82 Å². The van der Waals surface area contributed by atoms with Gasteiger partial charge >= 0.3 is 0 Å². The predicted molar refractivity (Wildman–Crippen MR) is 144 cm³/mol. The fourth-order valence-electron chi connectivity index (χ4n) is 3.91. The maximum atomic E-state index is 13.8. The molecular weight excluding hydrogens is 533 g/mol. The van der Waals surface area contributed by atoms with Crippen LogP contribution in [0.25, 0.3) is 0 Å². The molecule has 202 valence electrons. The van der Waals surface area contributed by atoms with Crippen molar-refractivity contribution in [2.75, 3.05) is 25.0 Å². The third kappa shape index (κ3) is 6.81. The summed E-state index contributed by atoms with van der Waals surface area (Å²) in [4.78, 5) is 27.7. The first-order chi connectivity index (χ1) is 18.1. The quantitative estimate of drug-likeness (QED) is 0.378. The van der Waals surface area contributed by atoms with Crippen molar-refractivity contribution in [3.63, 3.8) is 0 Å². The van der Waals surface area contributed by atoms with Crippen LogP contribution in [0.15, 0.2) is 77.7 Å². The van der Waals surface area contributed by atoms with Gasteiger partial charge in [-0.05, 0) is 66.6 Å². The van der Waals surface area contributed by atoms with Crippen molar-refractivity contribution in [1.82, 2.24) is 10.2 Å². The number of sulfonamides is 1. The van der Waals surface area contributed by atoms with Gasteiger partial charge in [-0.15, -0.1) is 0 Å². The Balaban J connectivity index is 2.05. The first-order valence-corrected chi connectivity index (χ1v) is 13.6. The summed E-state index contributed by atoms with van der Waals surface area (Å²) in [6, 6.07) is 16.5. The zero-order valence-electron chi connectivity index (χ0n) is 21.2. The molecule has 3 aromatic carbocycles. The number of benzene rings is 3. The van der Waals surface area contributed by atoms with Crippen LogP contribution in [0.2, 0.25) is 5.02 Å². The van der Waals surface area contributed by atoms with E-state index in [9.17, 15) is 22.4 Å². The Morgan fingerprint density at radius 1 is 1.05 bits per heavy atom. The highest BCUT2D eigenvalue weighted by Crippen LogP contribution is 2.28. The number of carbonyl (C=O) groups excluding carboxylic acids is 2. The van der Waals surface area contributed by atoms with E-state index in [0.29, 0.717) is 11.3 Å². The maximum Gasteiger partial charge on any atom is 0.264 e. The van der Waals surface area contributed by atoms with Gasteiger partial charge in [0.05, 0.1) is 17.7 Å². The number of hydrogen-bond acceptors (Lipinski definition) is 5. The lowest BCUT2D eigenvalue weighted by atomic mass is 10.1. The second kappa shape index (κ2) is 12.7. The Morgan fingerprint density at radius 3 is 2.26 bits per heavy atom. The number of rotatable bonds is 11. The van der Waals surface area contributed by atoms with Gasteiger partial charge in [0.2, 0.25) is 11.8 Å². The highest BCUT2D eigenvalue weighted by Gasteiger charge is 2.33. The van der Waals surface area contributed by atoms with Crippen molar-refractivity contribution < 1.29 is 27.1 Å². The van der Waals surface area contributed by atoms with Crippen LogP contribution in [0.1, 0.15) is 18.9 Å². The molecule has 0 heterocycles. The predicted octanol–water partition coefficient (Wildman–Crippen LogP) is 4.24. The number of methoxy groups -OCH3 is 1. The minimum atomic E-state index is -4.24. The molecule has 1 N–H and O–H groups in total. The first-order valence-electron chi connectivity index (χ1n) is 11.8. The summed E-state index contributed by atoms with van der Waals surface area (Å²) < 4.78 is 47.1. The number of hydrogen-bond donors (Lipinski definition) is 1. The first kappa shape index (κ1) is 28.9. The molecule has 0 aromatic heterocycles. The highest BCUT2D eigenvalue weighted by molar-refractivity contribution is 7.92. The van der Waals surface area contributed by atoms with Crippen molar-refractivity contribution >= 4 is 39.1 Å². The van der Waals surface area contributed by atoms with E-state index in [1.807, 2.05) is 0 Å². The molecule has 0 bridgehead atoms. The lowest BCUT2D eigenvalue weighted by Gasteiger charge is -2.33. The molecule has 8 nitrogen and oxygen atoms in total. The molecular formula is C27H29ClFN3O5S. The molecule has 0 saturated heterocycles. The number of nitrogens with zero attached hydrogens (tertiary/aromatic N) is 2. The van der Waals surface area contributed by atoms with Crippen LogP contribution in [-0.2, 0) is 26.2 Å². The Kier molecular flexibility index (Phi) is 9.71. The van der Waals surface area contributed by atoms with Gasteiger partial charge < -0.3 is 15.0 Å². The molecule has 0 aliphatic heterocycles. The number of nitrogens with one attached hydrogen (secondary N) is 1. The molecule has 1 atom stereocenters. The lowest BCUT2D eigenvalue weighted by Crippen LogP contribution is -2.51. The van der Waals surface area contributed by atoms with Gasteiger partial charge in [-0.3, -0.25) is 13.9 Å². The molecule has 38 heavy (non-hydrogen) atoms. The number of likely N-dealkylation sites (N-methyl/N-ethyl adjacent to an activating group) is 1. The zero-order valence-corrected chi connectivity index (χ0v) is 22.8. The van der Waals surface area contributed by atoms with Crippen molar-refractivity contribution in [3.8, 4) is 5.75 Å². The third-order valence-corrected chi connectivity index (χ3v) is 7.94. The van der Waals surface area contributed by atoms with Crippen LogP contribution in [0.5, 0.6) is 5.75 Å². The molecule has 0 spiro atoms. The van der Waals surface area contributed by atoms with Gasteiger partial charge in [-0.1, -0.05) is 36.7 Å². The molecule has 2 amide bonds. The van der Waals surface area contributed by atoms with Crippen LogP contribution >= 0.6 is 11.6 Å². The fourth-order valence-corrected chi connectivity index (χ4v) is 5.50. The molecule has 0 aliphatic rings. The van der Waals surface area contributed by atoms with Gasteiger partial charge in [0.25, 0.3) is 10.0 Å². The monoisotopic (exact) mass is 561 g/mol. The van der Waals surface area contributed by atoms with Crippen molar-refractivity contribution in [3.05, 3.63) is 89.2 Å². The number of amides is 2. The van der Waals surface area contributed by atoms with Crippen molar-refractivity contribution in [1.29, 1.82) is 0 Å². The number of carbonyl (C=O) groups is 2. The molecule has 0 saturated carbocycles. The van der Waals surface area contributed by atoms with Gasteiger partial charge in [0.15, 0.2) is 0 Å². The van der Waals surface area contributed by atoms with Crippen LogP contribution < -0.4 is 14.4 Å². The summed E-state index contributed by atoms with van der Waals surface area (Å²) in [5, 5.41) is 2.83. The van der Waals surface area contributed by atoms with E-state index in [1.54, 1.807) is 19.1 Å². The normalized spacial score (nSPS) is 11.9. The number of anilines is 1. The summed E-state index contributed by atoms with van der Waals surface area (Å²) in [7, 11) is -1.32. The molecule has 3 rings (SSSR count). The lowest BCUT2D eigenvalue weighted by molar-refractivity contribution is -0.140. The average molecular weight is 562 g/mol. The largest absolute Gasteiger partial charge is 0.497 e. The van der Waals surface area contributed by atoms with E-state index in [1.165, 1.54) is 79.7 Å². The van der Waals surface area contributed by atoms with E-state index >= 15 is 0 Å². The third-order valence-electron chi connectivity index (χ3n) is 5.92. The molecule has 0 fully saturated rings. The summed E-state index contributed by atoms with van der Waals surface area (Å²) in [5.41, 5.74) is 0.755. The Bertz CT molecular complexity index is 1370. The standard InChI is InChI=1S/C27H29ClFN3O5S/c1-4-25(27(34)30-2)31(17-19-8-10-21(29)11-9-19)26(33)18-32(22-7-5-6-20(28)16-22)38(35,36)24-14-12-23(37-3)13-15-24/h5-16,25H,4,17-18H2,1-3H3,(H,30,34). The SMILES string of the molecule is CCC(C(=O)NC)N(Cc1ccc(F)cc1)C(=O)CN(c1cccc(Cl)c1)S(=O)(=O)c1ccc(OC)cc1. The summed E-state index contributed by atoms with van der Waals surface area (Å²) in [6.07, 6.45) is 0.273. The molecule has 1 unspecified atom stereocenters. The molecule has 3 aromatic rings. The molecule has 0 aliphatic carbocycles.